The van der Waals surface area contributed by atoms with Crippen molar-refractivity contribution in [2.45, 2.75) is 0 Å². The Morgan fingerprint density at radius 2 is 1.09 bits per heavy atom. The summed E-state index contributed by atoms with van der Waals surface area (Å²) in [6, 6.07) is 56.8. The fourth-order valence-corrected chi connectivity index (χ4v) is 6.69. The molecule has 1 aromatic heterocycles. The highest BCUT2D eigenvalue weighted by Gasteiger charge is 2.21. The molecule has 0 saturated heterocycles. The monoisotopic (exact) mass is 685 g/mol. The van der Waals surface area contributed by atoms with Gasteiger partial charge in [-0.25, -0.2) is 9.97 Å². The van der Waals surface area contributed by atoms with Crippen molar-refractivity contribution in [3.05, 3.63) is 200 Å². The number of hydrogen-bond acceptors (Lipinski definition) is 5. The van der Waals surface area contributed by atoms with E-state index in [2.05, 4.69) is 175 Å². The lowest BCUT2D eigenvalue weighted by molar-refractivity contribution is 0.936. The maximum absolute atomic E-state index is 5.02. The van der Waals surface area contributed by atoms with E-state index in [0.717, 1.165) is 73.1 Å². The molecule has 1 N–H and O–H groups in total. The van der Waals surface area contributed by atoms with Gasteiger partial charge in [0, 0.05) is 35.8 Å². The molecule has 0 spiro atoms. The zero-order chi connectivity index (χ0) is 36.0. The maximum Gasteiger partial charge on any atom is 0.160 e. The van der Waals surface area contributed by atoms with Crippen LogP contribution in [0, 0.1) is 0 Å². The molecule has 256 valence electrons. The van der Waals surface area contributed by atoms with Crippen LogP contribution in [0.3, 0.4) is 0 Å². The van der Waals surface area contributed by atoms with Crippen molar-refractivity contribution in [2.24, 2.45) is 0 Å². The number of anilines is 4. The van der Waals surface area contributed by atoms with Gasteiger partial charge in [-0.05, 0) is 53.1 Å². The van der Waals surface area contributed by atoms with Gasteiger partial charge in [0.05, 0.1) is 34.1 Å². The molecule has 5 nitrogen and oxygen atoms in total. The molecule has 0 radical (unpaired) electrons. The molecule has 5 heteroatoms. The molecular formula is C48H39N5. The summed E-state index contributed by atoms with van der Waals surface area (Å²) < 4.78 is 0. The molecule has 53 heavy (non-hydrogen) atoms. The summed E-state index contributed by atoms with van der Waals surface area (Å²) in [5.74, 6) is 0.708. The van der Waals surface area contributed by atoms with Crippen molar-refractivity contribution in [2.75, 3.05) is 28.9 Å². The van der Waals surface area contributed by atoms with Gasteiger partial charge in [0.1, 0.15) is 0 Å². The number of nitrogens with one attached hydrogen (secondary N) is 1. The molecule has 6 aromatic carbocycles. The molecule has 8 rings (SSSR count). The Hall–Kier alpha value is -6.98. The summed E-state index contributed by atoms with van der Waals surface area (Å²) in [5, 5.41) is 8.06. The summed E-state index contributed by atoms with van der Waals surface area (Å²) in [4.78, 5) is 9.96. The van der Waals surface area contributed by atoms with Crippen molar-refractivity contribution in [3.8, 4) is 45.0 Å². The highest BCUT2D eigenvalue weighted by atomic mass is 15.6. The van der Waals surface area contributed by atoms with Crippen LogP contribution in [0.2, 0.25) is 0 Å². The third-order valence-electron chi connectivity index (χ3n) is 9.44. The Morgan fingerprint density at radius 1 is 0.547 bits per heavy atom. The number of para-hydroxylation sites is 3. The lowest BCUT2D eigenvalue weighted by Crippen LogP contribution is -2.37. The maximum atomic E-state index is 5.02. The number of hydrazine groups is 1. The first-order valence-electron chi connectivity index (χ1n) is 17.8. The molecule has 0 aliphatic carbocycles. The van der Waals surface area contributed by atoms with Gasteiger partial charge >= 0.3 is 0 Å². The van der Waals surface area contributed by atoms with Gasteiger partial charge < -0.3 is 5.32 Å². The van der Waals surface area contributed by atoms with Crippen molar-refractivity contribution in [1.82, 2.24) is 9.97 Å². The summed E-state index contributed by atoms with van der Waals surface area (Å²) >= 11 is 0. The molecule has 1 aliphatic rings. The average Bonchev–Trinajstić information content (AvgIpc) is 3.23. The average molecular weight is 686 g/mol. The molecule has 0 fully saturated rings. The first kappa shape index (κ1) is 33.2. The zero-order valence-electron chi connectivity index (χ0n) is 29.6. The third kappa shape index (κ3) is 7.14. The molecule has 1 aliphatic heterocycles. The minimum atomic E-state index is 0.708. The van der Waals surface area contributed by atoms with E-state index < -0.39 is 0 Å². The zero-order valence-corrected chi connectivity index (χ0v) is 29.6. The van der Waals surface area contributed by atoms with Crippen LogP contribution in [0.15, 0.2) is 195 Å². The van der Waals surface area contributed by atoms with Crippen LogP contribution < -0.4 is 15.3 Å². The molecule has 2 heterocycles. The highest BCUT2D eigenvalue weighted by Crippen LogP contribution is 2.39. The van der Waals surface area contributed by atoms with Gasteiger partial charge in [-0.3, -0.25) is 10.0 Å². The van der Waals surface area contributed by atoms with Gasteiger partial charge in [0.25, 0.3) is 0 Å². The smallest absolute Gasteiger partial charge is 0.160 e. The Bertz CT molecular complexity index is 2360. The number of nitrogens with zero attached hydrogens (tertiary/aromatic N) is 4. The predicted octanol–water partition coefficient (Wildman–Crippen LogP) is 11.9. The van der Waals surface area contributed by atoms with Crippen LogP contribution in [0.4, 0.5) is 22.7 Å². The SMILES string of the molecule is C=C1/C=C\C=C/CNc2ccccc2N(C)N(c2ccc(-c3ccc(-c4cc(-c5ccccc5)nc(-c5ccccc5)n4)cc3)cc2)c2ccccc21. The van der Waals surface area contributed by atoms with Crippen LogP contribution in [0.25, 0.3) is 50.6 Å². The predicted molar refractivity (Wildman–Crippen MR) is 223 cm³/mol. The van der Waals surface area contributed by atoms with E-state index in [9.17, 15) is 0 Å². The van der Waals surface area contributed by atoms with Gasteiger partial charge in [-0.2, -0.15) is 0 Å². The van der Waals surface area contributed by atoms with E-state index in [-0.39, 0.29) is 0 Å². The molecular weight excluding hydrogens is 647 g/mol. The number of benzene rings is 6. The fourth-order valence-electron chi connectivity index (χ4n) is 6.69. The molecule has 0 amide bonds. The van der Waals surface area contributed by atoms with Gasteiger partial charge in [-0.1, -0.05) is 158 Å². The molecule has 0 atom stereocenters. The number of allylic oxidation sites excluding steroid dienone is 4. The van der Waals surface area contributed by atoms with Gasteiger partial charge in [0.15, 0.2) is 5.82 Å². The van der Waals surface area contributed by atoms with Crippen LogP contribution >= 0.6 is 0 Å². The second-order valence-electron chi connectivity index (χ2n) is 12.9. The fraction of sp³-hybridized carbons (Fsp3) is 0.0417. The second-order valence-corrected chi connectivity index (χ2v) is 12.9. The lowest BCUT2D eigenvalue weighted by atomic mass is 10.0. The van der Waals surface area contributed by atoms with Crippen LogP contribution in [-0.2, 0) is 0 Å². The summed E-state index contributed by atoms with van der Waals surface area (Å²) in [6.07, 6.45) is 8.29. The summed E-state index contributed by atoms with van der Waals surface area (Å²) in [6.45, 7) is 5.15. The van der Waals surface area contributed by atoms with Crippen molar-refractivity contribution < 1.29 is 0 Å². The Balaban J connectivity index is 1.14. The van der Waals surface area contributed by atoms with Crippen LogP contribution in [-0.4, -0.2) is 23.6 Å². The second kappa shape index (κ2) is 15.1. The van der Waals surface area contributed by atoms with E-state index in [1.165, 1.54) is 0 Å². The Morgan fingerprint density at radius 3 is 1.79 bits per heavy atom. The molecule has 0 bridgehead atoms. The number of rotatable bonds is 5. The number of fused-ring (bicyclic) bond motifs is 2. The topological polar surface area (TPSA) is 44.3 Å². The third-order valence-corrected chi connectivity index (χ3v) is 9.44. The minimum absolute atomic E-state index is 0.708. The normalized spacial score (nSPS) is 14.1. The summed E-state index contributed by atoms with van der Waals surface area (Å²) in [7, 11) is 2.11. The van der Waals surface area contributed by atoms with E-state index in [1.54, 1.807) is 0 Å². The van der Waals surface area contributed by atoms with Crippen molar-refractivity contribution in [3.63, 3.8) is 0 Å². The minimum Gasteiger partial charge on any atom is -0.380 e. The first-order valence-corrected chi connectivity index (χ1v) is 17.8. The Kier molecular flexibility index (Phi) is 9.45. The highest BCUT2D eigenvalue weighted by molar-refractivity contribution is 5.87. The van der Waals surface area contributed by atoms with Crippen LogP contribution in [0.5, 0.6) is 0 Å². The number of aromatic nitrogens is 2. The quantitative estimate of drug-likeness (QED) is 0.195. The largest absolute Gasteiger partial charge is 0.380 e. The molecule has 0 saturated carbocycles. The molecule has 0 unspecified atom stereocenters. The standard InChI is InChI=1S/C48H39N5/c1-35-16-6-5-15-33-49-43-22-12-14-24-47(43)52(2)53(46-23-13-11-21-42(35)46)41-31-29-37(30-32-41)36-25-27-39(28-26-36)45-34-44(38-17-7-3-8-18-38)50-48(51-45)40-19-9-4-10-20-40/h3-32,34,49H,1,33H2,2H3/b15-5-,16-6-. The van der Waals surface area contributed by atoms with E-state index in [4.69, 9.17) is 9.97 Å². The summed E-state index contributed by atoms with van der Waals surface area (Å²) in [5.41, 5.74) is 13.3. The van der Waals surface area contributed by atoms with E-state index in [0.29, 0.717) is 12.4 Å². The van der Waals surface area contributed by atoms with Crippen molar-refractivity contribution in [1.29, 1.82) is 0 Å². The van der Waals surface area contributed by atoms with Gasteiger partial charge in [0.2, 0.25) is 0 Å². The first-order chi connectivity index (χ1) is 26.1. The van der Waals surface area contributed by atoms with Gasteiger partial charge in [-0.15, -0.1) is 0 Å². The molecule has 7 aromatic rings. The lowest BCUT2D eigenvalue weighted by Gasteiger charge is -2.37. The van der Waals surface area contributed by atoms with E-state index in [1.807, 2.05) is 42.5 Å². The van der Waals surface area contributed by atoms with Crippen LogP contribution in [0.1, 0.15) is 5.56 Å². The van der Waals surface area contributed by atoms with E-state index >= 15 is 0 Å². The Labute approximate surface area is 311 Å². The van der Waals surface area contributed by atoms with Crippen molar-refractivity contribution >= 4 is 28.3 Å². The number of hydrogen-bond donors (Lipinski definition) is 1.